The quantitative estimate of drug-likeness (QED) is 0.859. The molecule has 1 aromatic rings. The first-order valence-electron chi connectivity index (χ1n) is 7.25. The van der Waals surface area contributed by atoms with E-state index in [9.17, 15) is 13.2 Å². The van der Waals surface area contributed by atoms with Crippen LogP contribution in [0.5, 0.6) is 0 Å². The van der Waals surface area contributed by atoms with Crippen molar-refractivity contribution in [2.24, 2.45) is 0 Å². The van der Waals surface area contributed by atoms with Crippen molar-refractivity contribution in [2.75, 3.05) is 13.3 Å². The summed E-state index contributed by atoms with van der Waals surface area (Å²) < 4.78 is 29.4. The molecule has 0 saturated heterocycles. The van der Waals surface area contributed by atoms with E-state index in [0.29, 0.717) is 23.5 Å². The zero-order chi connectivity index (χ0) is 15.8. The van der Waals surface area contributed by atoms with Crippen LogP contribution in [0.3, 0.4) is 0 Å². The second-order valence-corrected chi connectivity index (χ2v) is 8.23. The Kier molecular flexibility index (Phi) is 4.46. The standard InChI is InChI=1S/C15H23NO4S/c1-10-9-12(11(2)20-10)15(17)16(3)13-7-5-6-8-14(13)21(4,18)19/h9,13-14H,5-8H2,1-4H3/t13-,14+/m1/s1. The summed E-state index contributed by atoms with van der Waals surface area (Å²) in [7, 11) is -1.47. The number of hydrogen-bond donors (Lipinski definition) is 0. The van der Waals surface area contributed by atoms with Gasteiger partial charge in [-0.15, -0.1) is 0 Å². The third kappa shape index (κ3) is 3.31. The van der Waals surface area contributed by atoms with Crippen molar-refractivity contribution in [3.05, 3.63) is 23.2 Å². The topological polar surface area (TPSA) is 67.6 Å². The average molecular weight is 313 g/mol. The molecule has 118 valence electrons. The van der Waals surface area contributed by atoms with Gasteiger partial charge in [-0.1, -0.05) is 12.8 Å². The Hall–Kier alpha value is -1.30. The van der Waals surface area contributed by atoms with E-state index in [1.54, 1.807) is 31.9 Å². The van der Waals surface area contributed by atoms with E-state index in [2.05, 4.69) is 0 Å². The SMILES string of the molecule is Cc1cc(C(=O)N(C)[C@@H]2CCCC[C@@H]2S(C)(=O)=O)c(C)o1. The Labute approximate surface area is 126 Å². The highest BCUT2D eigenvalue weighted by Gasteiger charge is 2.37. The lowest BCUT2D eigenvalue weighted by atomic mass is 9.93. The van der Waals surface area contributed by atoms with Crippen LogP contribution in [-0.4, -0.2) is 43.8 Å². The predicted molar refractivity (Wildman–Crippen MR) is 81.2 cm³/mol. The van der Waals surface area contributed by atoms with Crippen LogP contribution in [-0.2, 0) is 9.84 Å². The Bertz CT molecular complexity index is 632. The summed E-state index contributed by atoms with van der Waals surface area (Å²) in [6, 6.07) is 1.46. The molecule has 0 bridgehead atoms. The van der Waals surface area contributed by atoms with Gasteiger partial charge in [0.1, 0.15) is 11.5 Å². The zero-order valence-corrected chi connectivity index (χ0v) is 13.9. The van der Waals surface area contributed by atoms with Crippen LogP contribution in [0.4, 0.5) is 0 Å². The molecule has 1 amide bonds. The van der Waals surface area contributed by atoms with Crippen LogP contribution >= 0.6 is 0 Å². The van der Waals surface area contributed by atoms with Crippen molar-refractivity contribution >= 4 is 15.7 Å². The lowest BCUT2D eigenvalue weighted by Gasteiger charge is -2.36. The molecule has 0 radical (unpaired) electrons. The molecule has 2 atom stereocenters. The van der Waals surface area contributed by atoms with Gasteiger partial charge in [0.15, 0.2) is 9.84 Å². The number of rotatable bonds is 3. The van der Waals surface area contributed by atoms with Gasteiger partial charge in [-0.25, -0.2) is 8.42 Å². The minimum absolute atomic E-state index is 0.162. The monoisotopic (exact) mass is 313 g/mol. The molecule has 0 spiro atoms. The summed E-state index contributed by atoms with van der Waals surface area (Å²) in [6.45, 7) is 3.55. The maximum absolute atomic E-state index is 12.6. The summed E-state index contributed by atoms with van der Waals surface area (Å²) in [5.41, 5.74) is 0.521. The summed E-state index contributed by atoms with van der Waals surface area (Å²) in [4.78, 5) is 14.2. The third-order valence-electron chi connectivity index (χ3n) is 4.31. The molecular formula is C15H23NO4S. The molecule has 6 heteroatoms. The van der Waals surface area contributed by atoms with Gasteiger partial charge in [-0.05, 0) is 32.8 Å². The van der Waals surface area contributed by atoms with E-state index in [1.165, 1.54) is 6.26 Å². The first-order chi connectivity index (χ1) is 9.71. The zero-order valence-electron chi connectivity index (χ0n) is 13.0. The van der Waals surface area contributed by atoms with E-state index < -0.39 is 15.1 Å². The summed E-state index contributed by atoms with van der Waals surface area (Å²) >= 11 is 0. The van der Waals surface area contributed by atoms with Crippen molar-refractivity contribution in [3.8, 4) is 0 Å². The molecule has 5 nitrogen and oxygen atoms in total. The highest BCUT2D eigenvalue weighted by molar-refractivity contribution is 7.91. The van der Waals surface area contributed by atoms with Gasteiger partial charge in [-0.3, -0.25) is 4.79 Å². The predicted octanol–water partition coefficient (Wildman–Crippen LogP) is 2.32. The average Bonchev–Trinajstić information content (AvgIpc) is 2.75. The van der Waals surface area contributed by atoms with Crippen LogP contribution in [0.2, 0.25) is 0 Å². The van der Waals surface area contributed by atoms with Gasteiger partial charge in [0, 0.05) is 19.3 Å². The molecule has 0 N–H and O–H groups in total. The molecule has 1 aliphatic rings. The van der Waals surface area contributed by atoms with E-state index in [4.69, 9.17) is 4.42 Å². The fraction of sp³-hybridized carbons (Fsp3) is 0.667. The number of sulfone groups is 1. The lowest BCUT2D eigenvalue weighted by molar-refractivity contribution is 0.0698. The van der Waals surface area contributed by atoms with E-state index in [0.717, 1.165) is 19.3 Å². The van der Waals surface area contributed by atoms with E-state index in [-0.39, 0.29) is 11.9 Å². The van der Waals surface area contributed by atoms with Gasteiger partial charge < -0.3 is 9.32 Å². The normalized spacial score (nSPS) is 23.0. The van der Waals surface area contributed by atoms with Gasteiger partial charge in [0.05, 0.1) is 10.8 Å². The fourth-order valence-electron chi connectivity index (χ4n) is 3.20. The molecule has 1 aromatic heterocycles. The van der Waals surface area contributed by atoms with Crippen molar-refractivity contribution in [1.82, 2.24) is 4.90 Å². The number of amides is 1. The number of carbonyl (C=O) groups excluding carboxylic acids is 1. The molecule has 1 aliphatic carbocycles. The first-order valence-corrected chi connectivity index (χ1v) is 9.20. The molecule has 0 aromatic carbocycles. The molecule has 21 heavy (non-hydrogen) atoms. The van der Waals surface area contributed by atoms with Gasteiger partial charge >= 0.3 is 0 Å². The van der Waals surface area contributed by atoms with Crippen LogP contribution in [0.15, 0.2) is 10.5 Å². The molecule has 2 rings (SSSR count). The third-order valence-corrected chi connectivity index (χ3v) is 5.96. The summed E-state index contributed by atoms with van der Waals surface area (Å²) in [6.07, 6.45) is 4.49. The summed E-state index contributed by atoms with van der Waals surface area (Å²) in [5, 5.41) is -0.464. The van der Waals surface area contributed by atoms with Crippen LogP contribution < -0.4 is 0 Å². The Morgan fingerprint density at radius 1 is 1.29 bits per heavy atom. The van der Waals surface area contributed by atoms with Crippen LogP contribution in [0.25, 0.3) is 0 Å². The molecule has 1 fully saturated rings. The van der Waals surface area contributed by atoms with Crippen molar-refractivity contribution < 1.29 is 17.6 Å². The fourth-order valence-corrected chi connectivity index (χ4v) is 4.69. The lowest BCUT2D eigenvalue weighted by Crippen LogP contribution is -2.49. The smallest absolute Gasteiger partial charge is 0.257 e. The minimum Gasteiger partial charge on any atom is -0.466 e. The number of aryl methyl sites for hydroxylation is 2. The second-order valence-electron chi connectivity index (χ2n) is 5.96. The highest BCUT2D eigenvalue weighted by Crippen LogP contribution is 2.29. The molecule has 1 heterocycles. The number of nitrogens with zero attached hydrogens (tertiary/aromatic N) is 1. The number of hydrogen-bond acceptors (Lipinski definition) is 4. The largest absolute Gasteiger partial charge is 0.466 e. The molecular weight excluding hydrogens is 290 g/mol. The molecule has 0 unspecified atom stereocenters. The summed E-state index contributed by atoms with van der Waals surface area (Å²) in [5.74, 6) is 1.11. The Balaban J connectivity index is 2.27. The molecule has 0 aliphatic heterocycles. The minimum atomic E-state index is -3.16. The van der Waals surface area contributed by atoms with Gasteiger partial charge in [0.2, 0.25) is 0 Å². The number of carbonyl (C=O) groups is 1. The second kappa shape index (κ2) is 5.83. The van der Waals surface area contributed by atoms with E-state index in [1.807, 2.05) is 0 Å². The van der Waals surface area contributed by atoms with Crippen molar-refractivity contribution in [2.45, 2.75) is 50.8 Å². The van der Waals surface area contributed by atoms with Crippen LogP contribution in [0, 0.1) is 13.8 Å². The maximum atomic E-state index is 12.6. The van der Waals surface area contributed by atoms with Crippen LogP contribution in [0.1, 0.15) is 47.6 Å². The van der Waals surface area contributed by atoms with Crippen molar-refractivity contribution in [1.29, 1.82) is 0 Å². The Morgan fingerprint density at radius 3 is 2.43 bits per heavy atom. The number of furan rings is 1. The van der Waals surface area contributed by atoms with Gasteiger partial charge in [0.25, 0.3) is 5.91 Å². The Morgan fingerprint density at radius 2 is 1.90 bits per heavy atom. The first kappa shape index (κ1) is 16.1. The molecule has 1 saturated carbocycles. The highest BCUT2D eigenvalue weighted by atomic mass is 32.2. The maximum Gasteiger partial charge on any atom is 0.257 e. The van der Waals surface area contributed by atoms with Crippen molar-refractivity contribution in [3.63, 3.8) is 0 Å². The van der Waals surface area contributed by atoms with E-state index >= 15 is 0 Å². The van der Waals surface area contributed by atoms with Gasteiger partial charge in [-0.2, -0.15) is 0 Å².